The number of nitrogens with one attached hydrogen (secondary N) is 1. The summed E-state index contributed by atoms with van der Waals surface area (Å²) in [5.74, 6) is -0.793. The number of fused-ring (bicyclic) bond motifs is 1. The number of ether oxygens (including phenoxy) is 2. The molecule has 10 heteroatoms. The fourth-order valence-corrected chi connectivity index (χ4v) is 3.79. The van der Waals surface area contributed by atoms with Crippen LogP contribution in [0.1, 0.15) is 18.4 Å². The van der Waals surface area contributed by atoms with E-state index in [4.69, 9.17) is 4.74 Å². The van der Waals surface area contributed by atoms with Crippen molar-refractivity contribution in [1.29, 1.82) is 0 Å². The number of pyridine rings is 1. The second-order valence-corrected chi connectivity index (χ2v) is 7.19. The molecule has 4 rings (SSSR count). The molecule has 166 valence electrons. The van der Waals surface area contributed by atoms with E-state index in [1.165, 1.54) is 19.2 Å². The minimum absolute atomic E-state index is 0.137. The molecule has 2 unspecified atom stereocenters. The zero-order valence-corrected chi connectivity index (χ0v) is 17.0. The van der Waals surface area contributed by atoms with E-state index in [0.717, 1.165) is 28.0 Å². The maximum absolute atomic E-state index is 13.1. The molecule has 1 N–H and O–H groups in total. The van der Waals surface area contributed by atoms with Crippen LogP contribution in [-0.2, 0) is 4.79 Å². The lowest BCUT2D eigenvalue weighted by molar-refractivity contribution is -0.274. The minimum Gasteiger partial charge on any atom is -0.494 e. The average molecular weight is 445 g/mol. The number of benzene rings is 2. The Morgan fingerprint density at radius 1 is 1.09 bits per heavy atom. The number of halogens is 3. The summed E-state index contributed by atoms with van der Waals surface area (Å²) in [5.41, 5.74) is 1.56. The second-order valence-electron chi connectivity index (χ2n) is 7.19. The lowest BCUT2D eigenvalue weighted by Gasteiger charge is -2.20. The normalized spacial score (nSPS) is 17.4. The molecule has 1 aromatic heterocycles. The van der Waals surface area contributed by atoms with Crippen molar-refractivity contribution >= 4 is 28.5 Å². The third kappa shape index (κ3) is 3.91. The van der Waals surface area contributed by atoms with Crippen LogP contribution < -0.4 is 19.7 Å². The molecule has 1 saturated heterocycles. The molecule has 0 spiro atoms. The molecule has 1 aliphatic rings. The van der Waals surface area contributed by atoms with Crippen molar-refractivity contribution in [3.05, 3.63) is 60.3 Å². The quantitative estimate of drug-likeness (QED) is 0.590. The van der Waals surface area contributed by atoms with E-state index in [2.05, 4.69) is 15.0 Å². The summed E-state index contributed by atoms with van der Waals surface area (Å²) in [5, 5.41) is 3.46. The van der Waals surface area contributed by atoms with Crippen LogP contribution in [0, 0.1) is 0 Å². The molecule has 1 aliphatic heterocycles. The van der Waals surface area contributed by atoms with Crippen LogP contribution in [-0.4, -0.2) is 36.4 Å². The van der Waals surface area contributed by atoms with Gasteiger partial charge in [-0.3, -0.25) is 9.78 Å². The molecule has 0 aliphatic carbocycles. The van der Waals surface area contributed by atoms with Gasteiger partial charge in [0.05, 0.1) is 12.8 Å². The van der Waals surface area contributed by atoms with Gasteiger partial charge in [-0.1, -0.05) is 19.1 Å². The Kier molecular flexibility index (Phi) is 5.37. The van der Waals surface area contributed by atoms with E-state index in [-0.39, 0.29) is 5.69 Å². The van der Waals surface area contributed by atoms with Crippen molar-refractivity contribution in [2.24, 2.45) is 0 Å². The van der Waals surface area contributed by atoms with E-state index in [1.807, 2.05) is 12.1 Å². The van der Waals surface area contributed by atoms with Gasteiger partial charge in [-0.05, 0) is 42.0 Å². The van der Waals surface area contributed by atoms with Crippen LogP contribution in [0.25, 0.3) is 10.9 Å². The van der Waals surface area contributed by atoms with Crippen LogP contribution in [0.2, 0.25) is 0 Å². The van der Waals surface area contributed by atoms with E-state index in [1.54, 1.807) is 25.3 Å². The molecule has 1 fully saturated rings. The third-order valence-electron chi connectivity index (χ3n) is 5.28. The lowest BCUT2D eigenvalue weighted by Crippen LogP contribution is -2.35. The second kappa shape index (κ2) is 8.03. The molecule has 2 atom stereocenters. The molecule has 3 amide bonds. The maximum atomic E-state index is 13.1. The Hall–Kier alpha value is -3.82. The highest BCUT2D eigenvalue weighted by atomic mass is 19.4. The maximum Gasteiger partial charge on any atom is 0.573 e. The van der Waals surface area contributed by atoms with Crippen molar-refractivity contribution < 1.29 is 32.2 Å². The Labute approximate surface area is 180 Å². The highest BCUT2D eigenvalue weighted by Gasteiger charge is 2.42. The molecular weight excluding hydrogens is 427 g/mol. The molecular formula is C22H18F3N3O4. The van der Waals surface area contributed by atoms with E-state index in [9.17, 15) is 22.8 Å². The topological polar surface area (TPSA) is 80.8 Å². The summed E-state index contributed by atoms with van der Waals surface area (Å²) in [6.45, 7) is 1.81. The fraction of sp³-hybridized carbons (Fsp3) is 0.227. The Morgan fingerprint density at radius 2 is 1.81 bits per heavy atom. The van der Waals surface area contributed by atoms with Gasteiger partial charge in [0, 0.05) is 17.5 Å². The summed E-state index contributed by atoms with van der Waals surface area (Å²) in [7, 11) is 1.54. The first kappa shape index (κ1) is 21.4. The number of hydrogen-bond donors (Lipinski definition) is 1. The van der Waals surface area contributed by atoms with Gasteiger partial charge in [-0.15, -0.1) is 13.2 Å². The number of rotatable bonds is 5. The highest BCUT2D eigenvalue weighted by Crippen LogP contribution is 2.34. The van der Waals surface area contributed by atoms with Crippen molar-refractivity contribution in [1.82, 2.24) is 10.3 Å². The number of aromatic nitrogens is 1. The van der Waals surface area contributed by atoms with Crippen LogP contribution in [0.5, 0.6) is 11.5 Å². The Bertz CT molecular complexity index is 1180. The van der Waals surface area contributed by atoms with Crippen LogP contribution >= 0.6 is 0 Å². The number of carbonyl (C=O) groups is 2. The predicted molar refractivity (Wildman–Crippen MR) is 110 cm³/mol. The summed E-state index contributed by atoms with van der Waals surface area (Å²) in [6.07, 6.45) is -3.23. The lowest BCUT2D eigenvalue weighted by atomic mass is 9.90. The minimum atomic E-state index is -4.83. The number of amides is 3. The standard InChI is InChI=1S/C22H18F3N3O4/c1-12(15-10-11-26-19-16(15)4-3-5-17(19)31-2)18-20(29)28(21(30)27-18)13-6-8-14(9-7-13)32-22(23,24)25/h3-12,18H,1-2H3,(H,27,30). The molecule has 0 saturated carbocycles. The average Bonchev–Trinajstić information content (AvgIpc) is 3.06. The van der Waals surface area contributed by atoms with Crippen LogP contribution in [0.3, 0.4) is 0 Å². The van der Waals surface area contributed by atoms with Crippen molar-refractivity contribution in [3.63, 3.8) is 0 Å². The summed E-state index contributed by atoms with van der Waals surface area (Å²) in [6, 6.07) is 10.2. The number of anilines is 1. The molecule has 2 heterocycles. The largest absolute Gasteiger partial charge is 0.573 e. The van der Waals surface area contributed by atoms with Gasteiger partial charge >= 0.3 is 12.4 Å². The number of hydrogen-bond acceptors (Lipinski definition) is 5. The number of alkyl halides is 3. The monoisotopic (exact) mass is 445 g/mol. The zero-order valence-electron chi connectivity index (χ0n) is 17.0. The smallest absolute Gasteiger partial charge is 0.494 e. The number of methoxy groups -OCH3 is 1. The van der Waals surface area contributed by atoms with Gasteiger partial charge in [0.25, 0.3) is 5.91 Å². The number of nitrogens with zero attached hydrogens (tertiary/aromatic N) is 2. The van der Waals surface area contributed by atoms with E-state index in [0.29, 0.717) is 11.3 Å². The summed E-state index contributed by atoms with van der Waals surface area (Å²) >= 11 is 0. The molecule has 0 radical (unpaired) electrons. The first-order valence-electron chi connectivity index (χ1n) is 9.61. The van der Waals surface area contributed by atoms with Gasteiger partial charge in [0.15, 0.2) is 0 Å². The van der Waals surface area contributed by atoms with Gasteiger partial charge in [-0.2, -0.15) is 0 Å². The first-order chi connectivity index (χ1) is 15.2. The zero-order chi connectivity index (χ0) is 23.0. The van der Waals surface area contributed by atoms with Crippen LogP contribution in [0.4, 0.5) is 23.7 Å². The van der Waals surface area contributed by atoms with Crippen molar-refractivity contribution in [3.8, 4) is 11.5 Å². The van der Waals surface area contributed by atoms with Crippen molar-refractivity contribution in [2.45, 2.75) is 25.2 Å². The molecule has 2 aromatic carbocycles. The highest BCUT2D eigenvalue weighted by molar-refractivity contribution is 6.21. The van der Waals surface area contributed by atoms with Gasteiger partial charge in [-0.25, -0.2) is 9.69 Å². The number of para-hydroxylation sites is 1. The Balaban J connectivity index is 1.61. The van der Waals surface area contributed by atoms with Gasteiger partial charge in [0.2, 0.25) is 0 Å². The molecule has 0 bridgehead atoms. The predicted octanol–water partition coefficient (Wildman–Crippen LogP) is 4.37. The number of imide groups is 1. The van der Waals surface area contributed by atoms with E-state index >= 15 is 0 Å². The Morgan fingerprint density at radius 3 is 2.47 bits per heavy atom. The van der Waals surface area contributed by atoms with Gasteiger partial charge < -0.3 is 14.8 Å². The van der Waals surface area contributed by atoms with Gasteiger partial charge in [0.1, 0.15) is 23.1 Å². The van der Waals surface area contributed by atoms with Crippen molar-refractivity contribution in [2.75, 3.05) is 12.0 Å². The third-order valence-corrected chi connectivity index (χ3v) is 5.28. The SMILES string of the molecule is COc1cccc2c(C(C)C3NC(=O)N(c4ccc(OC(F)(F)F)cc4)C3=O)ccnc12. The molecule has 7 nitrogen and oxygen atoms in total. The fourth-order valence-electron chi connectivity index (χ4n) is 3.79. The first-order valence-corrected chi connectivity index (χ1v) is 9.61. The molecule has 32 heavy (non-hydrogen) atoms. The molecule has 3 aromatic rings. The number of urea groups is 1. The van der Waals surface area contributed by atoms with E-state index < -0.39 is 36.0 Å². The van der Waals surface area contributed by atoms with Crippen LogP contribution in [0.15, 0.2) is 54.7 Å². The number of carbonyl (C=O) groups excluding carboxylic acids is 2. The summed E-state index contributed by atoms with van der Waals surface area (Å²) in [4.78, 5) is 30.9. The summed E-state index contributed by atoms with van der Waals surface area (Å²) < 4.78 is 46.3.